The largest absolute Gasteiger partial charge is 0.462 e. The summed E-state index contributed by atoms with van der Waals surface area (Å²) in [5.41, 5.74) is 1.79. The van der Waals surface area contributed by atoms with E-state index in [1.54, 1.807) is 60.4 Å². The van der Waals surface area contributed by atoms with Crippen LogP contribution in [0.2, 0.25) is 0 Å². The van der Waals surface area contributed by atoms with Gasteiger partial charge in [-0.2, -0.15) is 0 Å². The minimum atomic E-state index is -0.393. The molecule has 0 spiro atoms. The van der Waals surface area contributed by atoms with Crippen molar-refractivity contribution in [2.24, 2.45) is 0 Å². The Kier molecular flexibility index (Phi) is 6.78. The van der Waals surface area contributed by atoms with Gasteiger partial charge in [-0.25, -0.2) is 9.78 Å². The van der Waals surface area contributed by atoms with E-state index in [0.717, 1.165) is 5.82 Å². The van der Waals surface area contributed by atoms with Gasteiger partial charge in [0.1, 0.15) is 5.82 Å². The Hall–Kier alpha value is -4.00. The fourth-order valence-electron chi connectivity index (χ4n) is 3.83. The molecule has 168 valence electrons. The van der Waals surface area contributed by atoms with Gasteiger partial charge in [0.05, 0.1) is 17.7 Å². The van der Waals surface area contributed by atoms with Crippen LogP contribution in [0, 0.1) is 0 Å². The number of pyridine rings is 1. The first-order valence-electron chi connectivity index (χ1n) is 10.9. The summed E-state index contributed by atoms with van der Waals surface area (Å²) >= 11 is 0. The van der Waals surface area contributed by atoms with E-state index in [9.17, 15) is 14.4 Å². The molecule has 0 saturated carbocycles. The van der Waals surface area contributed by atoms with Gasteiger partial charge in [-0.3, -0.25) is 9.59 Å². The smallest absolute Gasteiger partial charge is 0.339 e. The molecule has 1 saturated heterocycles. The normalized spacial score (nSPS) is 13.5. The highest BCUT2D eigenvalue weighted by Crippen LogP contribution is 2.19. The highest BCUT2D eigenvalue weighted by Gasteiger charge is 2.26. The molecule has 3 aromatic rings. The van der Waals surface area contributed by atoms with Crippen LogP contribution >= 0.6 is 0 Å². The molecule has 1 amide bonds. The third-order valence-electron chi connectivity index (χ3n) is 5.59. The molecule has 2 heterocycles. The van der Waals surface area contributed by atoms with Crippen LogP contribution in [0.4, 0.5) is 5.82 Å². The quantitative estimate of drug-likeness (QED) is 0.429. The summed E-state index contributed by atoms with van der Waals surface area (Å²) in [6, 6.07) is 19.4. The molecule has 4 rings (SSSR count). The molecule has 0 unspecified atom stereocenters. The number of ketones is 1. The zero-order chi connectivity index (χ0) is 23.2. The van der Waals surface area contributed by atoms with Crippen LogP contribution < -0.4 is 4.90 Å². The first kappa shape index (κ1) is 22.2. The van der Waals surface area contributed by atoms with Crippen LogP contribution in [-0.4, -0.2) is 60.3 Å². The average molecular weight is 444 g/mol. The fourth-order valence-corrected chi connectivity index (χ4v) is 3.83. The first-order valence-corrected chi connectivity index (χ1v) is 10.9. The van der Waals surface area contributed by atoms with E-state index in [0.29, 0.717) is 55.0 Å². The Morgan fingerprint density at radius 2 is 1.48 bits per heavy atom. The number of carbonyl (C=O) groups is 3. The summed E-state index contributed by atoms with van der Waals surface area (Å²) in [5.74, 6) is 0.0368. The van der Waals surface area contributed by atoms with Gasteiger partial charge in [-0.05, 0) is 25.1 Å². The van der Waals surface area contributed by atoms with Gasteiger partial charge in [0.25, 0.3) is 5.91 Å². The Morgan fingerprint density at radius 3 is 2.12 bits per heavy atom. The van der Waals surface area contributed by atoms with Crippen molar-refractivity contribution in [1.29, 1.82) is 0 Å². The van der Waals surface area contributed by atoms with E-state index in [1.807, 2.05) is 18.2 Å². The van der Waals surface area contributed by atoms with Crippen molar-refractivity contribution >= 4 is 23.5 Å². The molecule has 1 aliphatic heterocycles. The van der Waals surface area contributed by atoms with E-state index in [-0.39, 0.29) is 11.7 Å². The van der Waals surface area contributed by atoms with Crippen LogP contribution in [0.5, 0.6) is 0 Å². The Bertz CT molecular complexity index is 1140. The minimum absolute atomic E-state index is 0.153. The molecule has 7 nitrogen and oxygen atoms in total. The number of carbonyl (C=O) groups excluding carboxylic acids is 3. The summed E-state index contributed by atoms with van der Waals surface area (Å²) in [4.78, 5) is 46.3. The lowest BCUT2D eigenvalue weighted by Crippen LogP contribution is -2.49. The zero-order valence-electron chi connectivity index (χ0n) is 18.4. The molecular formula is C26H25N3O4. The second-order valence-electron chi connectivity index (χ2n) is 7.65. The molecule has 0 atom stereocenters. The summed E-state index contributed by atoms with van der Waals surface area (Å²) in [6.45, 7) is 4.30. The van der Waals surface area contributed by atoms with Gasteiger partial charge in [0, 0.05) is 43.5 Å². The van der Waals surface area contributed by atoms with Gasteiger partial charge in [0.2, 0.25) is 0 Å². The SMILES string of the molecule is CCOC(=O)c1ccc(N2CCN(C(=O)c3ccccc3C(=O)c3ccccc3)CC2)nc1. The monoisotopic (exact) mass is 443 g/mol. The Labute approximate surface area is 192 Å². The molecule has 1 fully saturated rings. The van der Waals surface area contributed by atoms with Crippen molar-refractivity contribution in [2.75, 3.05) is 37.7 Å². The molecule has 33 heavy (non-hydrogen) atoms. The van der Waals surface area contributed by atoms with Crippen molar-refractivity contribution in [1.82, 2.24) is 9.88 Å². The molecular weight excluding hydrogens is 418 g/mol. The van der Waals surface area contributed by atoms with E-state index >= 15 is 0 Å². The molecule has 1 aromatic heterocycles. The predicted octanol–water partition coefficient (Wildman–Crippen LogP) is 3.45. The number of rotatable bonds is 6. The van der Waals surface area contributed by atoms with Crippen molar-refractivity contribution in [3.8, 4) is 0 Å². The highest BCUT2D eigenvalue weighted by molar-refractivity contribution is 6.15. The van der Waals surface area contributed by atoms with Crippen LogP contribution in [-0.2, 0) is 4.74 Å². The number of benzene rings is 2. The lowest BCUT2D eigenvalue weighted by atomic mass is 9.97. The molecule has 1 aliphatic rings. The van der Waals surface area contributed by atoms with Crippen LogP contribution in [0.3, 0.4) is 0 Å². The molecule has 0 N–H and O–H groups in total. The first-order chi connectivity index (χ1) is 16.1. The van der Waals surface area contributed by atoms with E-state index in [1.165, 1.54) is 6.20 Å². The standard InChI is InChI=1S/C26H25N3O4/c1-2-33-26(32)20-12-13-23(27-18-20)28-14-16-29(17-15-28)25(31)22-11-7-6-10-21(22)24(30)19-8-4-3-5-9-19/h3-13,18H,2,14-17H2,1H3. The summed E-state index contributed by atoms with van der Waals surface area (Å²) in [5, 5.41) is 0. The van der Waals surface area contributed by atoms with Crippen molar-refractivity contribution in [2.45, 2.75) is 6.92 Å². The lowest BCUT2D eigenvalue weighted by molar-refractivity contribution is 0.0525. The van der Waals surface area contributed by atoms with E-state index in [2.05, 4.69) is 9.88 Å². The number of anilines is 1. The topological polar surface area (TPSA) is 79.8 Å². The van der Waals surface area contributed by atoms with Crippen LogP contribution in [0.25, 0.3) is 0 Å². The molecule has 7 heteroatoms. The third-order valence-corrected chi connectivity index (χ3v) is 5.59. The maximum Gasteiger partial charge on any atom is 0.339 e. The maximum atomic E-state index is 13.3. The highest BCUT2D eigenvalue weighted by atomic mass is 16.5. The van der Waals surface area contributed by atoms with Crippen molar-refractivity contribution in [3.63, 3.8) is 0 Å². The Balaban J connectivity index is 1.43. The molecule has 0 bridgehead atoms. The second kappa shape index (κ2) is 10.1. The summed E-state index contributed by atoms with van der Waals surface area (Å²) in [6.07, 6.45) is 1.51. The van der Waals surface area contributed by atoms with Gasteiger partial charge < -0.3 is 14.5 Å². The van der Waals surface area contributed by atoms with Crippen molar-refractivity contribution < 1.29 is 19.1 Å². The number of ether oxygens (including phenoxy) is 1. The summed E-state index contributed by atoms with van der Waals surface area (Å²) < 4.78 is 4.99. The third kappa shape index (κ3) is 4.92. The number of amides is 1. The lowest BCUT2D eigenvalue weighted by Gasteiger charge is -2.35. The van der Waals surface area contributed by atoms with E-state index in [4.69, 9.17) is 4.74 Å². The number of hydrogen-bond acceptors (Lipinski definition) is 6. The number of esters is 1. The van der Waals surface area contributed by atoms with Crippen molar-refractivity contribution in [3.05, 3.63) is 95.2 Å². The van der Waals surface area contributed by atoms with E-state index < -0.39 is 5.97 Å². The number of piperazine rings is 1. The number of hydrogen-bond donors (Lipinski definition) is 0. The van der Waals surface area contributed by atoms with Gasteiger partial charge in [-0.15, -0.1) is 0 Å². The number of nitrogens with zero attached hydrogens (tertiary/aromatic N) is 3. The molecule has 0 aliphatic carbocycles. The maximum absolute atomic E-state index is 13.3. The van der Waals surface area contributed by atoms with Gasteiger partial charge in [-0.1, -0.05) is 48.5 Å². The Morgan fingerprint density at radius 1 is 0.818 bits per heavy atom. The second-order valence-corrected chi connectivity index (χ2v) is 7.65. The summed E-state index contributed by atoms with van der Waals surface area (Å²) in [7, 11) is 0. The molecule has 0 radical (unpaired) electrons. The number of aromatic nitrogens is 1. The fraction of sp³-hybridized carbons (Fsp3) is 0.231. The van der Waals surface area contributed by atoms with Gasteiger partial charge >= 0.3 is 5.97 Å². The van der Waals surface area contributed by atoms with Crippen LogP contribution in [0.1, 0.15) is 43.6 Å². The van der Waals surface area contributed by atoms with Gasteiger partial charge in [0.15, 0.2) is 5.78 Å². The molecule has 2 aromatic carbocycles. The van der Waals surface area contributed by atoms with Crippen LogP contribution in [0.15, 0.2) is 72.9 Å². The minimum Gasteiger partial charge on any atom is -0.462 e. The zero-order valence-corrected chi connectivity index (χ0v) is 18.4. The average Bonchev–Trinajstić information content (AvgIpc) is 2.89. The predicted molar refractivity (Wildman–Crippen MR) is 125 cm³/mol.